The highest BCUT2D eigenvalue weighted by Crippen LogP contribution is 2.19. The summed E-state index contributed by atoms with van der Waals surface area (Å²) >= 11 is 1.49. The van der Waals surface area contributed by atoms with Crippen LogP contribution in [0.1, 0.15) is 25.5 Å². The number of nitrogens with zero attached hydrogens (tertiary/aromatic N) is 8. The standard InChI is InChI=1S/C15H25N9S.HI/c1-4-12-19-15(25-21-12)24-8-6-23(7-9-24)14(16-3)17-10-13-20-18-11-22(13)5-2;/h11H,4-10H2,1-3H3,(H,16,17);1H. The van der Waals surface area contributed by atoms with E-state index < -0.39 is 0 Å². The second-order valence-corrected chi connectivity index (χ2v) is 6.49. The Hall–Kier alpha value is -1.50. The fraction of sp³-hybridized carbons (Fsp3) is 0.667. The molecule has 3 rings (SSSR count). The van der Waals surface area contributed by atoms with E-state index in [9.17, 15) is 0 Å². The molecule has 0 spiro atoms. The van der Waals surface area contributed by atoms with Gasteiger partial charge in [-0.3, -0.25) is 4.99 Å². The number of nitrogens with one attached hydrogen (secondary N) is 1. The van der Waals surface area contributed by atoms with Crippen molar-refractivity contribution in [3.05, 3.63) is 18.0 Å². The third kappa shape index (κ3) is 4.81. The number of aliphatic imine (C=N–C) groups is 1. The molecule has 3 heterocycles. The van der Waals surface area contributed by atoms with Crippen LogP contribution in [0.4, 0.5) is 5.13 Å². The second-order valence-electron chi connectivity index (χ2n) is 5.75. The lowest BCUT2D eigenvalue weighted by molar-refractivity contribution is 0.371. The van der Waals surface area contributed by atoms with E-state index in [0.29, 0.717) is 6.54 Å². The molecular weight excluding hydrogens is 465 g/mol. The Balaban J connectivity index is 0.00000243. The Labute approximate surface area is 175 Å². The zero-order valence-electron chi connectivity index (χ0n) is 15.4. The maximum absolute atomic E-state index is 4.58. The summed E-state index contributed by atoms with van der Waals surface area (Å²) in [5.74, 6) is 2.75. The van der Waals surface area contributed by atoms with E-state index in [1.165, 1.54) is 11.5 Å². The summed E-state index contributed by atoms with van der Waals surface area (Å²) in [6.07, 6.45) is 2.64. The van der Waals surface area contributed by atoms with Crippen molar-refractivity contribution in [2.24, 2.45) is 4.99 Å². The van der Waals surface area contributed by atoms with E-state index in [2.05, 4.69) is 53.5 Å². The lowest BCUT2D eigenvalue weighted by atomic mass is 10.3. The van der Waals surface area contributed by atoms with E-state index in [1.54, 1.807) is 6.33 Å². The fourth-order valence-electron chi connectivity index (χ4n) is 2.80. The van der Waals surface area contributed by atoms with E-state index >= 15 is 0 Å². The summed E-state index contributed by atoms with van der Waals surface area (Å²) in [5, 5.41) is 12.5. The molecule has 1 N–H and O–H groups in total. The molecule has 0 saturated carbocycles. The Kier molecular flexibility index (Phi) is 8.00. The number of aryl methyl sites for hydroxylation is 2. The molecule has 11 heteroatoms. The molecule has 0 atom stereocenters. The van der Waals surface area contributed by atoms with Crippen LogP contribution in [-0.4, -0.2) is 68.2 Å². The Morgan fingerprint density at radius 1 is 1.27 bits per heavy atom. The lowest BCUT2D eigenvalue weighted by Crippen LogP contribution is -2.52. The third-order valence-electron chi connectivity index (χ3n) is 4.28. The quantitative estimate of drug-likeness (QED) is 0.383. The normalized spacial score (nSPS) is 15.1. The summed E-state index contributed by atoms with van der Waals surface area (Å²) in [7, 11) is 1.82. The molecule has 0 radical (unpaired) electrons. The molecule has 144 valence electrons. The number of anilines is 1. The molecule has 1 aliphatic rings. The average Bonchev–Trinajstić information content (AvgIpc) is 3.31. The third-order valence-corrected chi connectivity index (χ3v) is 5.09. The number of halogens is 1. The molecular formula is C15H26IN9S. The predicted octanol–water partition coefficient (Wildman–Crippen LogP) is 1.23. The van der Waals surface area contributed by atoms with Gasteiger partial charge in [0.05, 0.1) is 6.54 Å². The molecule has 1 aliphatic heterocycles. The number of hydrogen-bond acceptors (Lipinski definition) is 7. The van der Waals surface area contributed by atoms with Crippen LogP contribution in [0.5, 0.6) is 0 Å². The van der Waals surface area contributed by atoms with Gasteiger partial charge in [-0.05, 0) is 6.92 Å². The van der Waals surface area contributed by atoms with Gasteiger partial charge in [0, 0.05) is 57.7 Å². The molecule has 0 aliphatic carbocycles. The number of rotatable bonds is 5. The topological polar surface area (TPSA) is 87.4 Å². The van der Waals surface area contributed by atoms with Crippen LogP contribution in [0.25, 0.3) is 0 Å². The van der Waals surface area contributed by atoms with Crippen LogP contribution in [0.3, 0.4) is 0 Å². The maximum Gasteiger partial charge on any atom is 0.205 e. The van der Waals surface area contributed by atoms with Crippen LogP contribution in [-0.2, 0) is 19.5 Å². The van der Waals surface area contributed by atoms with Crippen LogP contribution in [0, 0.1) is 0 Å². The molecule has 26 heavy (non-hydrogen) atoms. The lowest BCUT2D eigenvalue weighted by Gasteiger charge is -2.36. The molecule has 9 nitrogen and oxygen atoms in total. The van der Waals surface area contributed by atoms with Gasteiger partial charge in [-0.1, -0.05) is 6.92 Å². The summed E-state index contributed by atoms with van der Waals surface area (Å²) in [4.78, 5) is 13.6. The van der Waals surface area contributed by atoms with Crippen molar-refractivity contribution in [2.75, 3.05) is 38.1 Å². The van der Waals surface area contributed by atoms with Crippen LogP contribution < -0.4 is 10.2 Å². The molecule has 1 saturated heterocycles. The molecule has 0 aromatic carbocycles. The van der Waals surface area contributed by atoms with Gasteiger partial charge in [-0.2, -0.15) is 4.37 Å². The van der Waals surface area contributed by atoms with Gasteiger partial charge in [0.2, 0.25) is 5.13 Å². The molecule has 0 amide bonds. The monoisotopic (exact) mass is 491 g/mol. The van der Waals surface area contributed by atoms with E-state index in [0.717, 1.165) is 61.9 Å². The summed E-state index contributed by atoms with van der Waals surface area (Å²) in [6, 6.07) is 0. The summed E-state index contributed by atoms with van der Waals surface area (Å²) in [5.41, 5.74) is 0. The van der Waals surface area contributed by atoms with Gasteiger partial charge in [0.15, 0.2) is 11.8 Å². The van der Waals surface area contributed by atoms with E-state index in [1.807, 2.05) is 11.6 Å². The maximum atomic E-state index is 4.58. The summed E-state index contributed by atoms with van der Waals surface area (Å²) in [6.45, 7) is 9.30. The minimum atomic E-state index is 0. The van der Waals surface area contributed by atoms with Crippen LogP contribution in [0.15, 0.2) is 11.3 Å². The van der Waals surface area contributed by atoms with Gasteiger partial charge >= 0.3 is 0 Å². The van der Waals surface area contributed by atoms with Crippen molar-refractivity contribution in [1.29, 1.82) is 0 Å². The Bertz CT molecular complexity index is 706. The van der Waals surface area contributed by atoms with Gasteiger partial charge in [-0.25, -0.2) is 4.98 Å². The highest BCUT2D eigenvalue weighted by molar-refractivity contribution is 14.0. The first kappa shape index (κ1) is 20.8. The van der Waals surface area contributed by atoms with Crippen molar-refractivity contribution in [1.82, 2.24) is 34.3 Å². The molecule has 1 fully saturated rings. The highest BCUT2D eigenvalue weighted by Gasteiger charge is 2.22. The Morgan fingerprint density at radius 2 is 2.04 bits per heavy atom. The van der Waals surface area contributed by atoms with Crippen LogP contribution in [0.2, 0.25) is 0 Å². The minimum Gasteiger partial charge on any atom is -0.349 e. The Morgan fingerprint density at radius 3 is 2.65 bits per heavy atom. The molecule has 2 aromatic rings. The van der Waals surface area contributed by atoms with E-state index in [4.69, 9.17) is 0 Å². The van der Waals surface area contributed by atoms with Gasteiger partial charge in [-0.15, -0.1) is 34.2 Å². The minimum absolute atomic E-state index is 0. The first-order chi connectivity index (χ1) is 12.2. The molecule has 0 bridgehead atoms. The first-order valence-electron chi connectivity index (χ1n) is 8.65. The average molecular weight is 491 g/mol. The van der Waals surface area contributed by atoms with Gasteiger partial charge in [0.1, 0.15) is 12.2 Å². The number of piperazine rings is 1. The zero-order valence-corrected chi connectivity index (χ0v) is 18.6. The van der Waals surface area contributed by atoms with Crippen molar-refractivity contribution in [3.8, 4) is 0 Å². The summed E-state index contributed by atoms with van der Waals surface area (Å²) < 4.78 is 6.41. The van der Waals surface area contributed by atoms with Crippen molar-refractivity contribution in [3.63, 3.8) is 0 Å². The smallest absolute Gasteiger partial charge is 0.205 e. The number of hydrogen-bond donors (Lipinski definition) is 1. The fourth-order valence-corrected chi connectivity index (χ4v) is 3.60. The number of aromatic nitrogens is 5. The van der Waals surface area contributed by atoms with Crippen LogP contribution >= 0.6 is 35.5 Å². The van der Waals surface area contributed by atoms with Crippen molar-refractivity contribution >= 4 is 46.6 Å². The first-order valence-corrected chi connectivity index (χ1v) is 9.42. The predicted molar refractivity (Wildman–Crippen MR) is 114 cm³/mol. The largest absolute Gasteiger partial charge is 0.349 e. The van der Waals surface area contributed by atoms with E-state index in [-0.39, 0.29) is 24.0 Å². The molecule has 0 unspecified atom stereocenters. The second kappa shape index (κ2) is 10.00. The molecule has 2 aromatic heterocycles. The highest BCUT2D eigenvalue weighted by atomic mass is 127. The van der Waals surface area contributed by atoms with Gasteiger partial charge in [0.25, 0.3) is 0 Å². The zero-order chi connectivity index (χ0) is 17.6. The van der Waals surface area contributed by atoms with Gasteiger partial charge < -0.3 is 19.7 Å². The number of guanidine groups is 1. The van der Waals surface area contributed by atoms with Crippen molar-refractivity contribution < 1.29 is 0 Å². The van der Waals surface area contributed by atoms with Crippen molar-refractivity contribution in [2.45, 2.75) is 33.4 Å². The SMILES string of the molecule is CCc1nsc(N2CCN(C(=NC)NCc3nncn3CC)CC2)n1.I.